The maximum atomic E-state index is 13.6. The maximum absolute atomic E-state index is 13.6. The van der Waals surface area contributed by atoms with E-state index in [0.717, 1.165) is 9.87 Å². The van der Waals surface area contributed by atoms with Crippen molar-refractivity contribution in [3.05, 3.63) is 120 Å². The van der Waals surface area contributed by atoms with E-state index in [9.17, 15) is 18.0 Å². The van der Waals surface area contributed by atoms with Gasteiger partial charge < -0.3 is 10.1 Å². The fraction of sp³-hybridized carbons (Fsp3) is 0.129. The number of hydrogen-bond acceptors (Lipinski definition) is 6. The Labute approximate surface area is 239 Å². The third-order valence-electron chi connectivity index (χ3n) is 6.16. The second kappa shape index (κ2) is 12.9. The van der Waals surface area contributed by atoms with E-state index >= 15 is 0 Å². The Balaban J connectivity index is 1.52. The van der Waals surface area contributed by atoms with Crippen LogP contribution in [0.5, 0.6) is 5.75 Å². The number of methoxy groups -OCH3 is 1. The smallest absolute Gasteiger partial charge is 0.264 e. The van der Waals surface area contributed by atoms with Crippen LogP contribution < -0.4 is 19.8 Å². The number of anilines is 2. The van der Waals surface area contributed by atoms with Crippen LogP contribution in [-0.2, 0) is 14.8 Å². The molecule has 9 nitrogen and oxygen atoms in total. The summed E-state index contributed by atoms with van der Waals surface area (Å²) in [5.41, 5.74) is 5.83. The van der Waals surface area contributed by atoms with Gasteiger partial charge in [0.15, 0.2) is 0 Å². The lowest BCUT2D eigenvalue weighted by Gasteiger charge is -2.24. The molecule has 4 aromatic carbocycles. The molecule has 41 heavy (non-hydrogen) atoms. The first kappa shape index (κ1) is 29.0. The second-order valence-corrected chi connectivity index (χ2v) is 11.0. The average molecular weight is 571 g/mol. The molecule has 210 valence electrons. The summed E-state index contributed by atoms with van der Waals surface area (Å²) in [7, 11) is -2.62. The number of hydrogen-bond donors (Lipinski definition) is 2. The highest BCUT2D eigenvalue weighted by Crippen LogP contribution is 2.27. The molecule has 0 unspecified atom stereocenters. The lowest BCUT2D eigenvalue weighted by molar-refractivity contribution is -0.119. The summed E-state index contributed by atoms with van der Waals surface area (Å²) in [5, 5.41) is 7.02. The van der Waals surface area contributed by atoms with E-state index in [2.05, 4.69) is 15.8 Å². The van der Waals surface area contributed by atoms with Crippen LogP contribution in [0.3, 0.4) is 0 Å². The molecule has 0 aromatic heterocycles. The summed E-state index contributed by atoms with van der Waals surface area (Å²) >= 11 is 0. The van der Waals surface area contributed by atoms with Gasteiger partial charge in [0.25, 0.3) is 21.8 Å². The molecule has 0 saturated carbocycles. The van der Waals surface area contributed by atoms with Crippen LogP contribution in [-0.4, -0.2) is 39.6 Å². The fourth-order valence-corrected chi connectivity index (χ4v) is 5.32. The Hall–Kier alpha value is -4.96. The number of carbonyl (C=O) groups excluding carboxylic acids is 2. The average Bonchev–Trinajstić information content (AvgIpc) is 2.99. The van der Waals surface area contributed by atoms with Crippen molar-refractivity contribution in [2.24, 2.45) is 5.10 Å². The highest BCUT2D eigenvalue weighted by Gasteiger charge is 2.27. The zero-order chi connectivity index (χ0) is 29.4. The Morgan fingerprint density at radius 3 is 2.24 bits per heavy atom. The minimum absolute atomic E-state index is 0.0489. The molecule has 0 atom stereocenters. The van der Waals surface area contributed by atoms with Gasteiger partial charge in [0.05, 0.1) is 23.4 Å². The number of rotatable bonds is 10. The monoisotopic (exact) mass is 570 g/mol. The normalized spacial score (nSPS) is 11.4. The van der Waals surface area contributed by atoms with Gasteiger partial charge in [-0.2, -0.15) is 5.10 Å². The van der Waals surface area contributed by atoms with Crippen LogP contribution >= 0.6 is 0 Å². The van der Waals surface area contributed by atoms with E-state index in [1.54, 1.807) is 91.9 Å². The minimum Gasteiger partial charge on any atom is -0.497 e. The van der Waals surface area contributed by atoms with Gasteiger partial charge in [-0.05, 0) is 67.9 Å². The van der Waals surface area contributed by atoms with Gasteiger partial charge in [0.2, 0.25) is 0 Å². The number of carbonyl (C=O) groups is 2. The van der Waals surface area contributed by atoms with Crippen molar-refractivity contribution in [3.8, 4) is 5.75 Å². The zero-order valence-corrected chi connectivity index (χ0v) is 23.7. The van der Waals surface area contributed by atoms with Crippen molar-refractivity contribution in [2.45, 2.75) is 18.7 Å². The SMILES string of the molecule is COc1cccc(N(CC(=O)N/N=C(/C)c2cccc(NC(=O)c3ccccc3)c2)S(=O)(=O)c2ccc(C)cc2)c1. The summed E-state index contributed by atoms with van der Waals surface area (Å²) < 4.78 is 33.5. The van der Waals surface area contributed by atoms with Gasteiger partial charge in [-0.1, -0.05) is 54.1 Å². The minimum atomic E-state index is -4.09. The molecule has 2 N–H and O–H groups in total. The highest BCUT2D eigenvalue weighted by molar-refractivity contribution is 7.92. The zero-order valence-electron chi connectivity index (χ0n) is 22.9. The summed E-state index contributed by atoms with van der Waals surface area (Å²) in [4.78, 5) is 25.6. The molecule has 4 rings (SSSR count). The van der Waals surface area contributed by atoms with Crippen LogP contribution in [0.15, 0.2) is 113 Å². The van der Waals surface area contributed by atoms with Crippen molar-refractivity contribution in [1.82, 2.24) is 5.43 Å². The molecule has 4 aromatic rings. The van der Waals surface area contributed by atoms with E-state index in [1.165, 1.54) is 19.2 Å². The van der Waals surface area contributed by atoms with Crippen LogP contribution in [0.4, 0.5) is 11.4 Å². The first-order valence-electron chi connectivity index (χ1n) is 12.7. The summed E-state index contributed by atoms with van der Waals surface area (Å²) in [5.74, 6) is -0.449. The largest absolute Gasteiger partial charge is 0.497 e. The first-order chi connectivity index (χ1) is 19.7. The third kappa shape index (κ3) is 7.37. The topological polar surface area (TPSA) is 117 Å². The second-order valence-electron chi connectivity index (χ2n) is 9.16. The number of aryl methyl sites for hydroxylation is 1. The Bertz CT molecular complexity index is 1670. The van der Waals surface area contributed by atoms with Crippen LogP contribution in [0, 0.1) is 6.92 Å². The van der Waals surface area contributed by atoms with Crippen molar-refractivity contribution >= 4 is 38.9 Å². The molecular formula is C31H30N4O5S. The predicted octanol–water partition coefficient (Wildman–Crippen LogP) is 4.99. The maximum Gasteiger partial charge on any atom is 0.264 e. The van der Waals surface area contributed by atoms with E-state index in [-0.39, 0.29) is 16.5 Å². The third-order valence-corrected chi connectivity index (χ3v) is 7.95. The molecule has 0 spiro atoms. The molecule has 0 radical (unpaired) electrons. The Morgan fingerprint density at radius 2 is 1.54 bits per heavy atom. The standard InChI is InChI=1S/C31H30N4O5S/c1-22-15-17-29(18-16-22)41(38,39)35(27-13-8-14-28(20-27)40-3)21-30(36)34-33-23(2)25-11-7-12-26(19-25)32-31(37)24-9-5-4-6-10-24/h4-20H,21H2,1-3H3,(H,32,37)(H,34,36)/b33-23-. The molecule has 0 heterocycles. The lowest BCUT2D eigenvalue weighted by Crippen LogP contribution is -2.39. The summed E-state index contributed by atoms with van der Waals surface area (Å²) in [6.07, 6.45) is 0. The fourth-order valence-electron chi connectivity index (χ4n) is 3.91. The number of amides is 2. The number of benzene rings is 4. The van der Waals surface area contributed by atoms with Crippen LogP contribution in [0.25, 0.3) is 0 Å². The van der Waals surface area contributed by atoms with E-state index in [1.807, 2.05) is 13.0 Å². The van der Waals surface area contributed by atoms with Crippen LogP contribution in [0.2, 0.25) is 0 Å². The molecule has 0 fully saturated rings. The predicted molar refractivity (Wildman–Crippen MR) is 160 cm³/mol. The van der Waals surface area contributed by atoms with Crippen LogP contribution in [0.1, 0.15) is 28.4 Å². The van der Waals surface area contributed by atoms with Gasteiger partial charge in [-0.25, -0.2) is 13.8 Å². The van der Waals surface area contributed by atoms with Crippen molar-refractivity contribution in [1.29, 1.82) is 0 Å². The molecule has 0 bridgehead atoms. The molecule has 0 saturated heterocycles. The quantitative estimate of drug-likeness (QED) is 0.206. The van der Waals surface area contributed by atoms with Crippen molar-refractivity contribution < 1.29 is 22.7 Å². The number of nitrogens with zero attached hydrogens (tertiary/aromatic N) is 2. The lowest BCUT2D eigenvalue weighted by atomic mass is 10.1. The van der Waals surface area contributed by atoms with Gasteiger partial charge >= 0.3 is 0 Å². The van der Waals surface area contributed by atoms with Crippen molar-refractivity contribution in [2.75, 3.05) is 23.3 Å². The molecular weight excluding hydrogens is 540 g/mol. The van der Waals surface area contributed by atoms with E-state index in [4.69, 9.17) is 4.74 Å². The molecule has 2 amide bonds. The highest BCUT2D eigenvalue weighted by atomic mass is 32.2. The van der Waals surface area contributed by atoms with Gasteiger partial charge in [0.1, 0.15) is 12.3 Å². The number of sulfonamides is 1. The summed E-state index contributed by atoms with van der Waals surface area (Å²) in [6, 6.07) is 28.7. The first-order valence-corrected chi connectivity index (χ1v) is 14.1. The number of hydrazone groups is 1. The van der Waals surface area contributed by atoms with Gasteiger partial charge in [0, 0.05) is 17.3 Å². The van der Waals surface area contributed by atoms with Crippen molar-refractivity contribution in [3.63, 3.8) is 0 Å². The van der Waals surface area contributed by atoms with E-state index < -0.39 is 22.5 Å². The Kier molecular flexibility index (Phi) is 9.15. The number of ether oxygens (including phenoxy) is 1. The Morgan fingerprint density at radius 1 is 0.854 bits per heavy atom. The molecule has 10 heteroatoms. The molecule has 0 aliphatic carbocycles. The molecule has 0 aliphatic rings. The summed E-state index contributed by atoms with van der Waals surface area (Å²) in [6.45, 7) is 3.03. The number of nitrogens with one attached hydrogen (secondary N) is 2. The van der Waals surface area contributed by atoms with E-state index in [0.29, 0.717) is 28.3 Å². The molecule has 0 aliphatic heterocycles. The van der Waals surface area contributed by atoms with Gasteiger partial charge in [-0.3, -0.25) is 13.9 Å². The van der Waals surface area contributed by atoms with Gasteiger partial charge in [-0.15, -0.1) is 0 Å².